The van der Waals surface area contributed by atoms with Crippen LogP contribution in [0.3, 0.4) is 0 Å². The van der Waals surface area contributed by atoms with Gasteiger partial charge in [-0.25, -0.2) is 8.42 Å². The monoisotopic (exact) mass is 330 g/mol. The van der Waals surface area contributed by atoms with Crippen molar-refractivity contribution in [3.8, 4) is 0 Å². The van der Waals surface area contributed by atoms with Crippen molar-refractivity contribution >= 4 is 38.9 Å². The van der Waals surface area contributed by atoms with E-state index in [-0.39, 0.29) is 11.7 Å². The lowest BCUT2D eigenvalue weighted by molar-refractivity contribution is -0.120. The molecule has 0 saturated carbocycles. The van der Waals surface area contributed by atoms with Crippen molar-refractivity contribution in [1.29, 1.82) is 0 Å². The summed E-state index contributed by atoms with van der Waals surface area (Å²) in [5.41, 5.74) is 6.19. The van der Waals surface area contributed by atoms with Gasteiger partial charge in [0.1, 0.15) is 6.54 Å². The van der Waals surface area contributed by atoms with Crippen molar-refractivity contribution in [2.75, 3.05) is 24.2 Å². The van der Waals surface area contributed by atoms with Crippen molar-refractivity contribution in [3.63, 3.8) is 0 Å². The smallest absolute Gasteiger partial charge is 0.259 e. The highest BCUT2D eigenvalue weighted by atomic mass is 32.2. The number of anilines is 1. The summed E-state index contributed by atoms with van der Waals surface area (Å²) >= 11 is 4.80. The molecule has 0 heterocycles. The summed E-state index contributed by atoms with van der Waals surface area (Å²) in [6.45, 7) is 1.55. The molecule has 0 aromatic heterocycles. The first-order valence-corrected chi connectivity index (χ1v) is 8.30. The Kier molecular flexibility index (Phi) is 5.91. The Morgan fingerprint density at radius 1 is 1.24 bits per heavy atom. The number of hydrazine groups is 1. The molecule has 0 radical (unpaired) electrons. The molecule has 0 aliphatic rings. The van der Waals surface area contributed by atoms with Gasteiger partial charge in [0.05, 0.1) is 11.9 Å². The normalized spacial score (nSPS) is 10.6. The number of carbonyl (C=O) groups excluding carboxylic acids is 1. The molecule has 0 fully saturated rings. The number of hydrogen-bond acceptors (Lipinski definition) is 4. The van der Waals surface area contributed by atoms with Crippen LogP contribution in [0.5, 0.6) is 0 Å². The molecule has 0 saturated heterocycles. The summed E-state index contributed by atoms with van der Waals surface area (Å²) in [5.74, 6) is -0.529. The zero-order chi connectivity index (χ0) is 16.0. The van der Waals surface area contributed by atoms with Crippen LogP contribution in [-0.2, 0) is 14.8 Å². The lowest BCUT2D eigenvalue weighted by atomic mass is 10.2. The average Bonchev–Trinajstić information content (AvgIpc) is 2.42. The molecule has 0 aliphatic carbocycles. The Balaban J connectivity index is 2.83. The first-order chi connectivity index (χ1) is 9.74. The number of aryl methyl sites for hydroxylation is 1. The summed E-state index contributed by atoms with van der Waals surface area (Å²) < 4.78 is 24.7. The minimum atomic E-state index is -3.57. The average molecular weight is 330 g/mol. The molecule has 3 N–H and O–H groups in total. The minimum absolute atomic E-state index is 0.226. The molecule has 0 atom stereocenters. The summed E-state index contributed by atoms with van der Waals surface area (Å²) in [4.78, 5) is 11.8. The standard InChI is InChI=1S/C12H18N4O3S2/c1-9-4-6-10(7-5-9)16(21(3,18)19)8-11(17)14-15-12(20)13-2/h4-7H,8H2,1-3H3,(H,14,17)(H2,13,15,20). The lowest BCUT2D eigenvalue weighted by Gasteiger charge is -2.22. The van der Waals surface area contributed by atoms with Crippen LogP contribution in [-0.4, -0.2) is 39.3 Å². The van der Waals surface area contributed by atoms with E-state index in [0.29, 0.717) is 5.69 Å². The van der Waals surface area contributed by atoms with E-state index in [0.717, 1.165) is 16.1 Å². The molecule has 0 unspecified atom stereocenters. The largest absolute Gasteiger partial charge is 0.364 e. The van der Waals surface area contributed by atoms with Gasteiger partial charge in [-0.3, -0.25) is 20.0 Å². The topological polar surface area (TPSA) is 90.5 Å². The summed E-state index contributed by atoms with van der Waals surface area (Å²) in [5, 5.41) is 2.84. The van der Waals surface area contributed by atoms with E-state index >= 15 is 0 Å². The third kappa shape index (κ3) is 5.56. The van der Waals surface area contributed by atoms with Crippen molar-refractivity contribution in [2.24, 2.45) is 0 Å². The molecule has 0 bridgehead atoms. The Labute approximate surface area is 129 Å². The van der Waals surface area contributed by atoms with Gasteiger partial charge in [-0.1, -0.05) is 17.7 Å². The molecular formula is C12H18N4O3S2. The zero-order valence-electron chi connectivity index (χ0n) is 12.0. The maximum atomic E-state index is 11.8. The summed E-state index contributed by atoms with van der Waals surface area (Å²) in [6.07, 6.45) is 1.05. The van der Waals surface area contributed by atoms with Crippen LogP contribution >= 0.6 is 12.2 Å². The van der Waals surface area contributed by atoms with Gasteiger partial charge in [-0.2, -0.15) is 0 Å². The maximum absolute atomic E-state index is 11.8. The Hall–Kier alpha value is -1.87. The van der Waals surface area contributed by atoms with Gasteiger partial charge in [0.15, 0.2) is 5.11 Å². The fraction of sp³-hybridized carbons (Fsp3) is 0.333. The number of rotatable bonds is 4. The van der Waals surface area contributed by atoms with E-state index in [1.165, 1.54) is 0 Å². The van der Waals surface area contributed by atoms with Crippen LogP contribution in [0.25, 0.3) is 0 Å². The summed E-state index contributed by atoms with van der Waals surface area (Å²) in [7, 11) is -1.98. The molecular weight excluding hydrogens is 312 g/mol. The number of nitrogens with one attached hydrogen (secondary N) is 3. The van der Waals surface area contributed by atoms with Gasteiger partial charge in [0.2, 0.25) is 10.0 Å². The van der Waals surface area contributed by atoms with Crippen LogP contribution in [0.15, 0.2) is 24.3 Å². The number of nitrogens with zero attached hydrogens (tertiary/aromatic N) is 1. The maximum Gasteiger partial charge on any atom is 0.259 e. The van der Waals surface area contributed by atoms with Crippen LogP contribution in [0.2, 0.25) is 0 Å². The first-order valence-electron chi connectivity index (χ1n) is 6.05. The molecule has 1 aromatic carbocycles. The van der Waals surface area contributed by atoms with Gasteiger partial charge >= 0.3 is 0 Å². The highest BCUT2D eigenvalue weighted by Crippen LogP contribution is 2.17. The van der Waals surface area contributed by atoms with E-state index in [1.807, 2.05) is 6.92 Å². The zero-order valence-corrected chi connectivity index (χ0v) is 13.6. The number of benzene rings is 1. The number of thiocarbonyl (C=S) groups is 1. The summed E-state index contributed by atoms with van der Waals surface area (Å²) in [6, 6.07) is 6.85. The van der Waals surface area contributed by atoms with E-state index in [1.54, 1.807) is 31.3 Å². The lowest BCUT2D eigenvalue weighted by Crippen LogP contribution is -2.49. The molecule has 1 amide bonds. The quantitative estimate of drug-likeness (QED) is 0.527. The second-order valence-corrected chi connectivity index (χ2v) is 6.67. The Morgan fingerprint density at radius 3 is 2.29 bits per heavy atom. The van der Waals surface area contributed by atoms with Crippen LogP contribution in [0.4, 0.5) is 5.69 Å². The van der Waals surface area contributed by atoms with Crippen molar-refractivity contribution < 1.29 is 13.2 Å². The second-order valence-electron chi connectivity index (χ2n) is 4.36. The van der Waals surface area contributed by atoms with Gasteiger partial charge < -0.3 is 5.32 Å². The van der Waals surface area contributed by atoms with E-state index < -0.39 is 15.9 Å². The molecule has 1 rings (SSSR count). The van der Waals surface area contributed by atoms with Crippen molar-refractivity contribution in [2.45, 2.75) is 6.92 Å². The van der Waals surface area contributed by atoms with Crippen LogP contribution in [0, 0.1) is 6.92 Å². The van der Waals surface area contributed by atoms with Gasteiger partial charge in [0, 0.05) is 7.05 Å². The molecule has 9 heteroatoms. The van der Waals surface area contributed by atoms with Crippen molar-refractivity contribution in [3.05, 3.63) is 29.8 Å². The predicted molar refractivity (Wildman–Crippen MR) is 86.3 cm³/mol. The van der Waals surface area contributed by atoms with E-state index in [4.69, 9.17) is 12.2 Å². The number of hydrogen-bond donors (Lipinski definition) is 3. The molecule has 0 aliphatic heterocycles. The second kappa shape index (κ2) is 7.23. The van der Waals surface area contributed by atoms with Gasteiger partial charge in [-0.05, 0) is 31.3 Å². The highest BCUT2D eigenvalue weighted by Gasteiger charge is 2.20. The van der Waals surface area contributed by atoms with Gasteiger partial charge in [0.25, 0.3) is 5.91 Å². The van der Waals surface area contributed by atoms with E-state index in [9.17, 15) is 13.2 Å². The molecule has 7 nitrogen and oxygen atoms in total. The predicted octanol–water partition coefficient (Wildman–Crippen LogP) is -0.114. The first kappa shape index (κ1) is 17.2. The fourth-order valence-corrected chi connectivity index (χ4v) is 2.38. The molecule has 21 heavy (non-hydrogen) atoms. The van der Waals surface area contributed by atoms with Gasteiger partial charge in [-0.15, -0.1) is 0 Å². The number of sulfonamides is 1. The Bertz CT molecular complexity index is 614. The fourth-order valence-electron chi connectivity index (χ4n) is 1.47. The van der Waals surface area contributed by atoms with E-state index in [2.05, 4.69) is 16.2 Å². The number of carbonyl (C=O) groups is 1. The van der Waals surface area contributed by atoms with Crippen LogP contribution in [0.1, 0.15) is 5.56 Å². The molecule has 116 valence electrons. The minimum Gasteiger partial charge on any atom is -0.364 e. The number of amides is 1. The van der Waals surface area contributed by atoms with Crippen LogP contribution < -0.4 is 20.5 Å². The third-order valence-electron chi connectivity index (χ3n) is 2.55. The third-order valence-corrected chi connectivity index (χ3v) is 4.00. The highest BCUT2D eigenvalue weighted by molar-refractivity contribution is 7.92. The molecule has 1 aromatic rings. The molecule has 0 spiro atoms. The Morgan fingerprint density at radius 2 is 1.81 bits per heavy atom. The SMILES string of the molecule is CNC(=S)NNC(=O)CN(c1ccc(C)cc1)S(C)(=O)=O. The van der Waals surface area contributed by atoms with Crippen molar-refractivity contribution in [1.82, 2.24) is 16.2 Å².